The van der Waals surface area contributed by atoms with Crippen molar-refractivity contribution >= 4 is 5.91 Å². The maximum absolute atomic E-state index is 12.4. The number of hydrogen-bond acceptors (Lipinski definition) is 4. The van der Waals surface area contributed by atoms with Gasteiger partial charge in [-0.2, -0.15) is 0 Å². The van der Waals surface area contributed by atoms with Gasteiger partial charge in [0.15, 0.2) is 11.4 Å². The summed E-state index contributed by atoms with van der Waals surface area (Å²) < 4.78 is 5.63. The van der Waals surface area contributed by atoms with Crippen LogP contribution in [0.5, 0.6) is 5.75 Å². The minimum absolute atomic E-state index is 0.0313. The van der Waals surface area contributed by atoms with Crippen LogP contribution in [-0.2, 0) is 0 Å². The minimum Gasteiger partial charge on any atom is -0.489 e. The first-order valence-corrected chi connectivity index (χ1v) is 6.30. The summed E-state index contributed by atoms with van der Waals surface area (Å²) in [7, 11) is 0. The number of hydrogen-bond donors (Lipinski definition) is 1. The Kier molecular flexibility index (Phi) is 4.15. The zero-order valence-electron chi connectivity index (χ0n) is 10.8. The van der Waals surface area contributed by atoms with E-state index in [0.717, 1.165) is 26.2 Å². The first kappa shape index (κ1) is 12.8. The minimum atomic E-state index is -0.0484. The number of pyridine rings is 1. The zero-order chi connectivity index (χ0) is 13.0. The number of carbonyl (C=O) groups is 1. The summed E-state index contributed by atoms with van der Waals surface area (Å²) in [5.74, 6) is 0.517. The predicted octanol–water partition coefficient (Wildman–Crippen LogP) is 0.914. The van der Waals surface area contributed by atoms with E-state index < -0.39 is 0 Å². The van der Waals surface area contributed by atoms with Gasteiger partial charge < -0.3 is 15.0 Å². The van der Waals surface area contributed by atoms with Gasteiger partial charge in [-0.25, -0.2) is 4.98 Å². The van der Waals surface area contributed by atoms with E-state index in [0.29, 0.717) is 11.4 Å². The van der Waals surface area contributed by atoms with Crippen LogP contribution in [0.25, 0.3) is 0 Å². The van der Waals surface area contributed by atoms with Gasteiger partial charge in [-0.05, 0) is 26.0 Å². The van der Waals surface area contributed by atoms with Crippen LogP contribution in [0.4, 0.5) is 0 Å². The van der Waals surface area contributed by atoms with Crippen molar-refractivity contribution < 1.29 is 9.53 Å². The lowest BCUT2D eigenvalue weighted by atomic mass is 10.2. The Morgan fingerprint density at radius 3 is 2.83 bits per heavy atom. The number of ether oxygens (including phenoxy) is 1. The van der Waals surface area contributed by atoms with Crippen molar-refractivity contribution in [3.8, 4) is 5.75 Å². The summed E-state index contributed by atoms with van der Waals surface area (Å²) in [6.45, 7) is 6.98. The van der Waals surface area contributed by atoms with Crippen molar-refractivity contribution in [2.45, 2.75) is 20.0 Å². The van der Waals surface area contributed by atoms with E-state index in [1.54, 1.807) is 18.3 Å². The average molecular weight is 249 g/mol. The highest BCUT2D eigenvalue weighted by Crippen LogP contribution is 2.19. The van der Waals surface area contributed by atoms with Gasteiger partial charge in [0.2, 0.25) is 0 Å². The number of piperazine rings is 1. The van der Waals surface area contributed by atoms with E-state index in [-0.39, 0.29) is 12.0 Å². The van der Waals surface area contributed by atoms with Gasteiger partial charge >= 0.3 is 0 Å². The van der Waals surface area contributed by atoms with Gasteiger partial charge in [-0.3, -0.25) is 4.79 Å². The second-order valence-electron chi connectivity index (χ2n) is 4.56. The lowest BCUT2D eigenvalue weighted by molar-refractivity contribution is 0.0723. The molecule has 1 aromatic heterocycles. The highest BCUT2D eigenvalue weighted by molar-refractivity contribution is 5.95. The van der Waals surface area contributed by atoms with E-state index in [4.69, 9.17) is 4.74 Å². The van der Waals surface area contributed by atoms with Crippen LogP contribution in [0.2, 0.25) is 0 Å². The zero-order valence-corrected chi connectivity index (χ0v) is 10.8. The molecule has 2 heterocycles. The molecule has 5 nitrogen and oxygen atoms in total. The molecular formula is C13H19N3O2. The first-order valence-electron chi connectivity index (χ1n) is 6.30. The molecule has 5 heteroatoms. The molecule has 0 atom stereocenters. The quantitative estimate of drug-likeness (QED) is 0.865. The van der Waals surface area contributed by atoms with E-state index in [1.807, 2.05) is 18.7 Å². The molecule has 0 saturated carbocycles. The Labute approximate surface area is 107 Å². The third-order valence-corrected chi connectivity index (χ3v) is 2.74. The lowest BCUT2D eigenvalue weighted by Gasteiger charge is -2.27. The third kappa shape index (κ3) is 2.98. The Morgan fingerprint density at radius 1 is 1.44 bits per heavy atom. The normalized spacial score (nSPS) is 15.8. The maximum Gasteiger partial charge on any atom is 0.276 e. The van der Waals surface area contributed by atoms with E-state index >= 15 is 0 Å². The Bertz CT molecular complexity index is 414. The van der Waals surface area contributed by atoms with Crippen molar-refractivity contribution in [2.75, 3.05) is 26.2 Å². The van der Waals surface area contributed by atoms with Crippen molar-refractivity contribution in [3.63, 3.8) is 0 Å². The first-order chi connectivity index (χ1) is 8.68. The van der Waals surface area contributed by atoms with Crippen molar-refractivity contribution in [2.24, 2.45) is 0 Å². The average Bonchev–Trinajstić information content (AvgIpc) is 2.39. The highest BCUT2D eigenvalue weighted by atomic mass is 16.5. The molecule has 0 radical (unpaired) electrons. The van der Waals surface area contributed by atoms with Crippen LogP contribution in [0, 0.1) is 0 Å². The molecule has 18 heavy (non-hydrogen) atoms. The summed E-state index contributed by atoms with van der Waals surface area (Å²) in [5, 5.41) is 3.22. The van der Waals surface area contributed by atoms with E-state index in [1.165, 1.54) is 0 Å². The summed E-state index contributed by atoms with van der Waals surface area (Å²) in [4.78, 5) is 18.3. The van der Waals surface area contributed by atoms with E-state index in [9.17, 15) is 4.79 Å². The summed E-state index contributed by atoms with van der Waals surface area (Å²) >= 11 is 0. The fourth-order valence-electron chi connectivity index (χ4n) is 1.92. The molecule has 1 saturated heterocycles. The molecule has 0 aromatic carbocycles. The number of nitrogens with zero attached hydrogens (tertiary/aromatic N) is 2. The van der Waals surface area contributed by atoms with Gasteiger partial charge in [0.1, 0.15) is 0 Å². The molecule has 1 aromatic rings. The van der Waals surface area contributed by atoms with Crippen LogP contribution in [0.15, 0.2) is 18.3 Å². The molecule has 0 bridgehead atoms. The van der Waals surface area contributed by atoms with Crippen LogP contribution in [0.3, 0.4) is 0 Å². The molecule has 0 aliphatic carbocycles. The number of carbonyl (C=O) groups excluding carboxylic acids is 1. The fraction of sp³-hybridized carbons (Fsp3) is 0.538. The summed E-state index contributed by atoms with van der Waals surface area (Å²) in [5.41, 5.74) is 0.410. The topological polar surface area (TPSA) is 54.5 Å². The molecular weight excluding hydrogens is 230 g/mol. The Hall–Kier alpha value is -1.62. The summed E-state index contributed by atoms with van der Waals surface area (Å²) in [6.07, 6.45) is 1.66. The fourth-order valence-corrected chi connectivity index (χ4v) is 1.92. The number of rotatable bonds is 3. The van der Waals surface area contributed by atoms with Crippen LogP contribution in [0.1, 0.15) is 24.3 Å². The molecule has 1 aliphatic rings. The van der Waals surface area contributed by atoms with E-state index in [2.05, 4.69) is 10.3 Å². The molecule has 0 spiro atoms. The monoisotopic (exact) mass is 249 g/mol. The van der Waals surface area contributed by atoms with Crippen LogP contribution >= 0.6 is 0 Å². The molecule has 1 aliphatic heterocycles. The summed E-state index contributed by atoms with van der Waals surface area (Å²) in [6, 6.07) is 3.58. The van der Waals surface area contributed by atoms with Crippen LogP contribution in [-0.4, -0.2) is 48.1 Å². The molecule has 1 amide bonds. The molecule has 1 fully saturated rings. The van der Waals surface area contributed by atoms with Crippen molar-refractivity contribution in [1.29, 1.82) is 0 Å². The third-order valence-electron chi connectivity index (χ3n) is 2.74. The number of nitrogens with one attached hydrogen (secondary N) is 1. The highest BCUT2D eigenvalue weighted by Gasteiger charge is 2.22. The van der Waals surface area contributed by atoms with Gasteiger partial charge in [0, 0.05) is 32.4 Å². The molecule has 1 N–H and O–H groups in total. The standard InChI is InChI=1S/C13H19N3O2/c1-10(2)18-11-4-3-5-15-12(11)13(17)16-8-6-14-7-9-16/h3-5,10,14H,6-9H2,1-2H3. The Balaban J connectivity index is 2.18. The maximum atomic E-state index is 12.4. The molecule has 98 valence electrons. The van der Waals surface area contributed by atoms with Gasteiger partial charge in [-0.1, -0.05) is 0 Å². The molecule has 0 unspecified atom stereocenters. The SMILES string of the molecule is CC(C)Oc1cccnc1C(=O)N1CCNCC1. The second-order valence-corrected chi connectivity index (χ2v) is 4.56. The van der Waals surface area contributed by atoms with Gasteiger partial charge in [-0.15, -0.1) is 0 Å². The van der Waals surface area contributed by atoms with Crippen molar-refractivity contribution in [1.82, 2.24) is 15.2 Å². The second kappa shape index (κ2) is 5.82. The van der Waals surface area contributed by atoms with Gasteiger partial charge in [0.25, 0.3) is 5.91 Å². The predicted molar refractivity (Wildman–Crippen MR) is 68.8 cm³/mol. The van der Waals surface area contributed by atoms with Gasteiger partial charge in [0.05, 0.1) is 6.10 Å². The smallest absolute Gasteiger partial charge is 0.276 e. The van der Waals surface area contributed by atoms with Crippen molar-refractivity contribution in [3.05, 3.63) is 24.0 Å². The lowest BCUT2D eigenvalue weighted by Crippen LogP contribution is -2.46. The van der Waals surface area contributed by atoms with Crippen LogP contribution < -0.4 is 10.1 Å². The number of aromatic nitrogens is 1. The largest absolute Gasteiger partial charge is 0.489 e. The Morgan fingerprint density at radius 2 is 2.17 bits per heavy atom. The number of amides is 1. The molecule has 2 rings (SSSR count).